The summed E-state index contributed by atoms with van der Waals surface area (Å²) >= 11 is 1.39. The number of nitrogens with zero attached hydrogens (tertiary/aromatic N) is 2. The average molecular weight is 372 g/mol. The molecule has 0 aliphatic heterocycles. The number of hydrogen-bond acceptors (Lipinski definition) is 4. The molecule has 0 spiro atoms. The van der Waals surface area contributed by atoms with E-state index in [0.717, 1.165) is 10.6 Å². The first kappa shape index (κ1) is 19.8. The number of thiazole rings is 1. The number of carbonyl (C=O) groups excluding carboxylic acids is 2. The summed E-state index contributed by atoms with van der Waals surface area (Å²) < 4.78 is 0. The fraction of sp³-hybridized carbons (Fsp3) is 0.350. The SMILES string of the molecule is CC(C)NC(=O)c1csc(CN(C(=O)C=Cc2ccccc2)C(C)C)n1. The Morgan fingerprint density at radius 2 is 1.88 bits per heavy atom. The van der Waals surface area contributed by atoms with E-state index in [4.69, 9.17) is 0 Å². The van der Waals surface area contributed by atoms with Crippen LogP contribution in [0, 0.1) is 0 Å². The Hall–Kier alpha value is -2.47. The molecule has 2 rings (SSSR count). The summed E-state index contributed by atoms with van der Waals surface area (Å²) in [6, 6.07) is 9.79. The van der Waals surface area contributed by atoms with Crippen LogP contribution in [0.4, 0.5) is 0 Å². The molecule has 0 saturated heterocycles. The summed E-state index contributed by atoms with van der Waals surface area (Å²) in [5.41, 5.74) is 1.38. The Morgan fingerprint density at radius 1 is 1.19 bits per heavy atom. The van der Waals surface area contributed by atoms with Gasteiger partial charge in [0.15, 0.2) is 0 Å². The molecule has 1 heterocycles. The highest BCUT2D eigenvalue weighted by Gasteiger charge is 2.18. The fourth-order valence-electron chi connectivity index (χ4n) is 2.31. The first-order valence-corrected chi connectivity index (χ1v) is 9.53. The van der Waals surface area contributed by atoms with Crippen molar-refractivity contribution >= 4 is 29.2 Å². The van der Waals surface area contributed by atoms with Gasteiger partial charge in [0, 0.05) is 23.5 Å². The molecule has 1 N–H and O–H groups in total. The van der Waals surface area contributed by atoms with E-state index in [1.54, 1.807) is 22.4 Å². The molecule has 0 unspecified atom stereocenters. The topological polar surface area (TPSA) is 62.3 Å². The Labute approximate surface area is 158 Å². The van der Waals surface area contributed by atoms with Gasteiger partial charge in [-0.05, 0) is 39.3 Å². The van der Waals surface area contributed by atoms with Crippen LogP contribution in [0.25, 0.3) is 6.08 Å². The second kappa shape index (κ2) is 9.29. The van der Waals surface area contributed by atoms with Gasteiger partial charge >= 0.3 is 0 Å². The molecular formula is C20H25N3O2S. The van der Waals surface area contributed by atoms with Crippen LogP contribution in [0.2, 0.25) is 0 Å². The Bertz CT molecular complexity index is 766. The maximum absolute atomic E-state index is 12.6. The number of carbonyl (C=O) groups is 2. The predicted octanol–water partition coefficient (Wildman–Crippen LogP) is 3.73. The van der Waals surface area contributed by atoms with Crippen molar-refractivity contribution < 1.29 is 9.59 Å². The maximum atomic E-state index is 12.6. The van der Waals surface area contributed by atoms with Gasteiger partial charge in [0.25, 0.3) is 5.91 Å². The van der Waals surface area contributed by atoms with Gasteiger partial charge in [-0.1, -0.05) is 30.3 Å². The van der Waals surface area contributed by atoms with Crippen LogP contribution < -0.4 is 5.32 Å². The molecule has 1 aromatic carbocycles. The molecule has 26 heavy (non-hydrogen) atoms. The third-order valence-electron chi connectivity index (χ3n) is 3.63. The van der Waals surface area contributed by atoms with Crippen molar-refractivity contribution in [2.24, 2.45) is 0 Å². The predicted molar refractivity (Wildman–Crippen MR) is 106 cm³/mol. The minimum absolute atomic E-state index is 0.0276. The molecule has 2 aromatic rings. The van der Waals surface area contributed by atoms with E-state index in [-0.39, 0.29) is 23.9 Å². The number of benzene rings is 1. The highest BCUT2D eigenvalue weighted by molar-refractivity contribution is 7.09. The van der Waals surface area contributed by atoms with E-state index in [9.17, 15) is 9.59 Å². The molecule has 6 heteroatoms. The number of rotatable bonds is 7. The molecule has 0 atom stereocenters. The second-order valence-corrected chi connectivity index (χ2v) is 7.50. The monoisotopic (exact) mass is 371 g/mol. The van der Waals surface area contributed by atoms with Crippen molar-refractivity contribution in [1.82, 2.24) is 15.2 Å². The molecule has 138 valence electrons. The van der Waals surface area contributed by atoms with Crippen molar-refractivity contribution in [2.75, 3.05) is 0 Å². The summed E-state index contributed by atoms with van der Waals surface area (Å²) in [6.45, 7) is 8.13. The minimum Gasteiger partial charge on any atom is -0.349 e. The molecule has 1 aromatic heterocycles. The van der Waals surface area contributed by atoms with Gasteiger partial charge in [0.1, 0.15) is 10.7 Å². The lowest BCUT2D eigenvalue weighted by Crippen LogP contribution is -2.35. The van der Waals surface area contributed by atoms with Crippen LogP contribution in [0.3, 0.4) is 0 Å². The fourth-order valence-corrected chi connectivity index (χ4v) is 3.08. The maximum Gasteiger partial charge on any atom is 0.270 e. The van der Waals surface area contributed by atoms with Gasteiger partial charge in [-0.25, -0.2) is 4.98 Å². The largest absolute Gasteiger partial charge is 0.349 e. The van der Waals surface area contributed by atoms with Crippen LogP contribution in [-0.2, 0) is 11.3 Å². The smallest absolute Gasteiger partial charge is 0.270 e. The lowest BCUT2D eigenvalue weighted by molar-refractivity contribution is -0.128. The standard InChI is InChI=1S/C20H25N3O2S/c1-14(2)21-20(25)17-13-26-18(22-17)12-23(15(3)4)19(24)11-10-16-8-6-5-7-9-16/h5-11,13-15H,12H2,1-4H3,(H,21,25). The van der Waals surface area contributed by atoms with E-state index < -0.39 is 0 Å². The van der Waals surface area contributed by atoms with Gasteiger partial charge in [0.05, 0.1) is 6.54 Å². The van der Waals surface area contributed by atoms with Crippen molar-refractivity contribution in [3.63, 3.8) is 0 Å². The Balaban J connectivity index is 2.06. The first-order valence-electron chi connectivity index (χ1n) is 8.65. The van der Waals surface area contributed by atoms with Gasteiger partial charge in [0.2, 0.25) is 5.91 Å². The number of aromatic nitrogens is 1. The first-order chi connectivity index (χ1) is 12.4. The summed E-state index contributed by atoms with van der Waals surface area (Å²) in [7, 11) is 0. The summed E-state index contributed by atoms with van der Waals surface area (Å²) in [5, 5.41) is 5.30. The van der Waals surface area contributed by atoms with E-state index in [1.165, 1.54) is 11.3 Å². The van der Waals surface area contributed by atoms with Gasteiger partial charge in [-0.2, -0.15) is 0 Å². The Kier molecular flexibility index (Phi) is 7.09. The molecule has 0 aliphatic rings. The lowest BCUT2D eigenvalue weighted by atomic mass is 10.2. The molecule has 0 fully saturated rings. The molecule has 0 saturated carbocycles. The number of hydrogen-bond donors (Lipinski definition) is 1. The van der Waals surface area contributed by atoms with Crippen LogP contribution in [0.1, 0.15) is 48.8 Å². The zero-order chi connectivity index (χ0) is 19.1. The lowest BCUT2D eigenvalue weighted by Gasteiger charge is -2.24. The summed E-state index contributed by atoms with van der Waals surface area (Å²) in [5.74, 6) is -0.263. The second-order valence-electron chi connectivity index (χ2n) is 6.56. The highest BCUT2D eigenvalue weighted by atomic mass is 32.1. The zero-order valence-electron chi connectivity index (χ0n) is 15.6. The van der Waals surface area contributed by atoms with E-state index in [0.29, 0.717) is 12.2 Å². The Morgan fingerprint density at radius 3 is 2.50 bits per heavy atom. The van der Waals surface area contributed by atoms with Crippen LogP contribution in [0.5, 0.6) is 0 Å². The van der Waals surface area contributed by atoms with Gasteiger partial charge < -0.3 is 10.2 Å². The van der Waals surface area contributed by atoms with E-state index >= 15 is 0 Å². The molecule has 0 bridgehead atoms. The van der Waals surface area contributed by atoms with Crippen LogP contribution in [-0.4, -0.2) is 33.8 Å². The third-order valence-corrected chi connectivity index (χ3v) is 4.47. The molecule has 0 radical (unpaired) electrons. The number of amides is 2. The van der Waals surface area contributed by atoms with Crippen molar-refractivity contribution in [1.29, 1.82) is 0 Å². The van der Waals surface area contributed by atoms with Crippen LogP contribution in [0.15, 0.2) is 41.8 Å². The normalized spacial score (nSPS) is 11.3. The van der Waals surface area contributed by atoms with E-state index in [1.807, 2.05) is 58.0 Å². The molecule has 5 nitrogen and oxygen atoms in total. The summed E-state index contributed by atoms with van der Waals surface area (Å²) in [4.78, 5) is 30.7. The molecular weight excluding hydrogens is 346 g/mol. The third kappa shape index (κ3) is 5.81. The zero-order valence-corrected chi connectivity index (χ0v) is 16.4. The van der Waals surface area contributed by atoms with Crippen molar-refractivity contribution in [3.05, 3.63) is 58.1 Å². The minimum atomic E-state index is -0.186. The molecule has 0 aliphatic carbocycles. The average Bonchev–Trinajstić information content (AvgIpc) is 3.06. The van der Waals surface area contributed by atoms with Gasteiger partial charge in [-0.3, -0.25) is 9.59 Å². The highest BCUT2D eigenvalue weighted by Crippen LogP contribution is 2.15. The summed E-state index contributed by atoms with van der Waals surface area (Å²) in [6.07, 6.45) is 3.39. The number of nitrogens with one attached hydrogen (secondary N) is 1. The van der Waals surface area contributed by atoms with Crippen molar-refractivity contribution in [2.45, 2.75) is 46.3 Å². The van der Waals surface area contributed by atoms with Gasteiger partial charge in [-0.15, -0.1) is 11.3 Å². The van der Waals surface area contributed by atoms with Crippen LogP contribution >= 0.6 is 11.3 Å². The quantitative estimate of drug-likeness (QED) is 0.754. The van der Waals surface area contributed by atoms with E-state index in [2.05, 4.69) is 10.3 Å². The van der Waals surface area contributed by atoms with Crippen molar-refractivity contribution in [3.8, 4) is 0 Å². The molecule has 2 amide bonds.